The van der Waals surface area contributed by atoms with E-state index >= 15 is 0 Å². The molecule has 28 heavy (non-hydrogen) atoms. The van der Waals surface area contributed by atoms with Gasteiger partial charge in [-0.3, -0.25) is 9.80 Å². The average molecular weight is 377 g/mol. The summed E-state index contributed by atoms with van der Waals surface area (Å²) in [5.74, 6) is 5.34. The summed E-state index contributed by atoms with van der Waals surface area (Å²) >= 11 is 0. The molecule has 146 valence electrons. The Bertz CT molecular complexity index is 697. The molecule has 4 nitrogen and oxygen atoms in total. The van der Waals surface area contributed by atoms with Crippen LogP contribution in [-0.2, 0) is 13.1 Å². The van der Waals surface area contributed by atoms with Crippen molar-refractivity contribution in [2.75, 3.05) is 26.3 Å². The molecule has 0 aromatic heterocycles. The van der Waals surface area contributed by atoms with Crippen molar-refractivity contribution < 1.29 is 10.2 Å². The molecule has 0 saturated heterocycles. The summed E-state index contributed by atoms with van der Waals surface area (Å²) in [6.07, 6.45) is 11.3. The van der Waals surface area contributed by atoms with E-state index in [-0.39, 0.29) is 25.3 Å². The highest BCUT2D eigenvalue weighted by Gasteiger charge is 2.20. The van der Waals surface area contributed by atoms with E-state index in [2.05, 4.69) is 21.6 Å². The van der Waals surface area contributed by atoms with Gasteiger partial charge in [0.05, 0.1) is 25.3 Å². The van der Waals surface area contributed by atoms with Gasteiger partial charge in [-0.2, -0.15) is 0 Å². The zero-order valence-corrected chi connectivity index (χ0v) is 16.1. The molecule has 0 aliphatic rings. The molecule has 0 unspecified atom stereocenters. The predicted molar refractivity (Wildman–Crippen MR) is 113 cm³/mol. The Morgan fingerprint density at radius 1 is 0.679 bits per heavy atom. The number of benzene rings is 2. The van der Waals surface area contributed by atoms with Gasteiger partial charge in [-0.1, -0.05) is 72.5 Å². The molecule has 0 radical (unpaired) electrons. The lowest BCUT2D eigenvalue weighted by Gasteiger charge is -2.32. The molecule has 0 amide bonds. The number of aliphatic hydroxyl groups excluding tert-OH is 2. The van der Waals surface area contributed by atoms with Crippen LogP contribution in [0.4, 0.5) is 0 Å². The largest absolute Gasteiger partial charge is 0.394 e. The summed E-state index contributed by atoms with van der Waals surface area (Å²) in [5, 5.41) is 19.4. The second kappa shape index (κ2) is 12.0. The van der Waals surface area contributed by atoms with E-state index in [1.807, 2.05) is 60.7 Å². The van der Waals surface area contributed by atoms with Crippen LogP contribution in [0.3, 0.4) is 0 Å². The highest BCUT2D eigenvalue weighted by molar-refractivity contribution is 5.17. The zero-order chi connectivity index (χ0) is 20.2. The first-order valence-electron chi connectivity index (χ1n) is 9.41. The Labute approximate surface area is 168 Å². The van der Waals surface area contributed by atoms with Crippen molar-refractivity contribution in [1.29, 1.82) is 0 Å². The van der Waals surface area contributed by atoms with Crippen molar-refractivity contribution in [2.24, 2.45) is 0 Å². The summed E-state index contributed by atoms with van der Waals surface area (Å²) in [5.41, 5.74) is 2.25. The smallest absolute Gasteiger partial charge is 0.0949 e. The molecule has 0 saturated carbocycles. The third-order valence-electron chi connectivity index (χ3n) is 4.74. The van der Waals surface area contributed by atoms with Crippen LogP contribution in [0.1, 0.15) is 11.1 Å². The molecule has 0 aliphatic carbocycles. The minimum Gasteiger partial charge on any atom is -0.394 e. The van der Waals surface area contributed by atoms with E-state index in [0.29, 0.717) is 26.2 Å². The summed E-state index contributed by atoms with van der Waals surface area (Å²) in [6.45, 7) is 2.29. The third kappa shape index (κ3) is 6.53. The van der Waals surface area contributed by atoms with E-state index in [9.17, 15) is 10.2 Å². The second-order valence-corrected chi connectivity index (χ2v) is 6.64. The van der Waals surface area contributed by atoms with Crippen molar-refractivity contribution in [3.8, 4) is 24.7 Å². The number of terminal acetylenes is 2. The van der Waals surface area contributed by atoms with Gasteiger partial charge in [0.15, 0.2) is 0 Å². The molecular weight excluding hydrogens is 348 g/mol. The van der Waals surface area contributed by atoms with Gasteiger partial charge in [0.25, 0.3) is 0 Å². The van der Waals surface area contributed by atoms with Gasteiger partial charge in [0.2, 0.25) is 0 Å². The lowest BCUT2D eigenvalue weighted by molar-refractivity contribution is 0.105. The molecule has 2 N–H and O–H groups in total. The highest BCUT2D eigenvalue weighted by Crippen LogP contribution is 2.12. The lowest BCUT2D eigenvalue weighted by atomic mass is 10.1. The van der Waals surface area contributed by atoms with Crippen molar-refractivity contribution >= 4 is 0 Å². The first-order chi connectivity index (χ1) is 13.7. The van der Waals surface area contributed by atoms with Crippen molar-refractivity contribution in [3.05, 3.63) is 71.8 Å². The number of rotatable bonds is 11. The maximum absolute atomic E-state index is 9.71. The Morgan fingerprint density at radius 3 is 1.32 bits per heavy atom. The summed E-state index contributed by atoms with van der Waals surface area (Å²) in [6, 6.07) is 19.3. The molecule has 0 fully saturated rings. The minimum atomic E-state index is -0.378. The first-order valence-corrected chi connectivity index (χ1v) is 9.41. The van der Waals surface area contributed by atoms with E-state index in [0.717, 1.165) is 11.1 Å². The fraction of sp³-hybridized carbons (Fsp3) is 0.333. The highest BCUT2D eigenvalue weighted by atomic mass is 16.3. The van der Waals surface area contributed by atoms with Crippen LogP contribution in [0, 0.1) is 24.7 Å². The maximum atomic E-state index is 9.71. The maximum Gasteiger partial charge on any atom is 0.0949 e. The molecule has 2 atom stereocenters. The predicted octanol–water partition coefficient (Wildman–Crippen LogP) is 1.98. The van der Waals surface area contributed by atoms with E-state index < -0.39 is 0 Å². The molecule has 2 aromatic carbocycles. The Kier molecular flexibility index (Phi) is 9.28. The molecule has 0 spiro atoms. The van der Waals surface area contributed by atoms with Crippen LogP contribution in [-0.4, -0.2) is 58.4 Å². The molecular formula is C24H28N2O2. The summed E-state index contributed by atoms with van der Waals surface area (Å²) in [7, 11) is 0. The first kappa shape index (κ1) is 21.7. The molecule has 0 heterocycles. The van der Waals surface area contributed by atoms with Gasteiger partial charge in [-0.25, -0.2) is 0 Å². The van der Waals surface area contributed by atoms with E-state index in [4.69, 9.17) is 12.8 Å². The normalized spacial score (nSPS) is 13.1. The SMILES string of the molecule is C#C[C@H](CO)N(CCN(Cc1ccccc1)[C@H](C#C)CO)Cc1ccccc1. The fourth-order valence-electron chi connectivity index (χ4n) is 3.13. The van der Waals surface area contributed by atoms with Crippen molar-refractivity contribution in [2.45, 2.75) is 25.2 Å². The van der Waals surface area contributed by atoms with Crippen molar-refractivity contribution in [1.82, 2.24) is 9.80 Å². The molecule has 0 aliphatic heterocycles. The average Bonchev–Trinajstić information content (AvgIpc) is 2.74. The molecule has 0 bridgehead atoms. The minimum absolute atomic E-state index is 0.111. The third-order valence-corrected chi connectivity index (χ3v) is 4.74. The van der Waals surface area contributed by atoms with Crippen LogP contribution in [0.5, 0.6) is 0 Å². The standard InChI is InChI=1S/C24H28N2O2/c1-3-23(19-27)25(17-21-11-7-5-8-12-21)15-16-26(24(4-2)20-28)18-22-13-9-6-10-14-22/h1-2,5-14,23-24,27-28H,15-20H2/t23-,24-/m1/s1. The topological polar surface area (TPSA) is 46.9 Å². The van der Waals surface area contributed by atoms with Crippen LogP contribution in [0.2, 0.25) is 0 Å². The number of hydrogen-bond donors (Lipinski definition) is 2. The molecule has 4 heteroatoms. The van der Waals surface area contributed by atoms with Gasteiger partial charge in [0.1, 0.15) is 0 Å². The van der Waals surface area contributed by atoms with Crippen molar-refractivity contribution in [3.63, 3.8) is 0 Å². The van der Waals surface area contributed by atoms with Gasteiger partial charge < -0.3 is 10.2 Å². The monoisotopic (exact) mass is 376 g/mol. The lowest BCUT2D eigenvalue weighted by Crippen LogP contribution is -2.45. The molecule has 2 rings (SSSR count). The fourth-order valence-corrected chi connectivity index (χ4v) is 3.13. The summed E-state index contributed by atoms with van der Waals surface area (Å²) in [4.78, 5) is 4.14. The van der Waals surface area contributed by atoms with Crippen LogP contribution < -0.4 is 0 Å². The van der Waals surface area contributed by atoms with Gasteiger partial charge in [-0.05, 0) is 11.1 Å². The van der Waals surface area contributed by atoms with Crippen LogP contribution in [0.15, 0.2) is 60.7 Å². The zero-order valence-electron chi connectivity index (χ0n) is 16.1. The number of aliphatic hydroxyl groups is 2. The van der Waals surface area contributed by atoms with Gasteiger partial charge >= 0.3 is 0 Å². The Morgan fingerprint density at radius 2 is 1.04 bits per heavy atom. The van der Waals surface area contributed by atoms with Crippen LogP contribution >= 0.6 is 0 Å². The van der Waals surface area contributed by atoms with Gasteiger partial charge in [0, 0.05) is 26.2 Å². The van der Waals surface area contributed by atoms with Crippen LogP contribution in [0.25, 0.3) is 0 Å². The quantitative estimate of drug-likeness (QED) is 0.589. The second-order valence-electron chi connectivity index (χ2n) is 6.64. The van der Waals surface area contributed by atoms with E-state index in [1.54, 1.807) is 0 Å². The van der Waals surface area contributed by atoms with Gasteiger partial charge in [-0.15, -0.1) is 12.8 Å². The summed E-state index contributed by atoms with van der Waals surface area (Å²) < 4.78 is 0. The molecule has 2 aromatic rings. The Hall–Kier alpha value is -2.60. The Balaban J connectivity index is 2.13. The number of hydrogen-bond acceptors (Lipinski definition) is 4. The number of nitrogens with zero attached hydrogens (tertiary/aromatic N) is 2. The van der Waals surface area contributed by atoms with E-state index in [1.165, 1.54) is 0 Å².